The Morgan fingerprint density at radius 2 is 2.14 bits per heavy atom. The fourth-order valence-electron chi connectivity index (χ4n) is 2.74. The van der Waals surface area contributed by atoms with Crippen molar-refractivity contribution in [2.45, 2.75) is 56.8 Å². The summed E-state index contributed by atoms with van der Waals surface area (Å²) >= 11 is 0. The van der Waals surface area contributed by atoms with E-state index in [1.165, 1.54) is 0 Å². The zero-order valence-corrected chi connectivity index (χ0v) is 13.5. The van der Waals surface area contributed by atoms with Crippen molar-refractivity contribution in [3.8, 4) is 0 Å². The van der Waals surface area contributed by atoms with Gasteiger partial charge in [0, 0.05) is 12.6 Å². The van der Waals surface area contributed by atoms with Gasteiger partial charge in [-0.2, -0.15) is 0 Å². The molecule has 1 aromatic rings. The largest absolute Gasteiger partial charge is 0.392 e. The second-order valence-corrected chi connectivity index (χ2v) is 7.80. The van der Waals surface area contributed by atoms with Gasteiger partial charge in [-0.05, 0) is 50.8 Å². The van der Waals surface area contributed by atoms with Gasteiger partial charge < -0.3 is 9.84 Å². The highest BCUT2D eigenvalue weighted by Crippen LogP contribution is 2.26. The molecule has 5 nitrogen and oxygen atoms in total. The molecule has 1 fully saturated rings. The van der Waals surface area contributed by atoms with Crippen LogP contribution in [0.3, 0.4) is 0 Å². The van der Waals surface area contributed by atoms with Crippen LogP contribution in [0.25, 0.3) is 0 Å². The maximum atomic E-state index is 12.6. The first kappa shape index (κ1) is 16.4. The van der Waals surface area contributed by atoms with Gasteiger partial charge in [-0.3, -0.25) is 0 Å². The fourth-order valence-corrected chi connectivity index (χ4v) is 4.30. The van der Waals surface area contributed by atoms with E-state index in [9.17, 15) is 13.5 Å². The summed E-state index contributed by atoms with van der Waals surface area (Å²) in [6.07, 6.45) is 1.31. The molecule has 0 bridgehead atoms. The van der Waals surface area contributed by atoms with Crippen molar-refractivity contribution in [1.29, 1.82) is 0 Å². The normalized spacial score (nSPS) is 22.2. The number of ether oxygens (including phenoxy) is 1. The first-order valence-corrected chi connectivity index (χ1v) is 8.59. The lowest BCUT2D eigenvalue weighted by atomic mass is 9.95. The van der Waals surface area contributed by atoms with Gasteiger partial charge in [0.15, 0.2) is 0 Å². The van der Waals surface area contributed by atoms with E-state index in [2.05, 4.69) is 4.72 Å². The van der Waals surface area contributed by atoms with Crippen molar-refractivity contribution in [1.82, 2.24) is 4.72 Å². The minimum atomic E-state index is -3.59. The number of nitrogens with one attached hydrogen (secondary N) is 1. The van der Waals surface area contributed by atoms with Crippen LogP contribution in [-0.4, -0.2) is 31.8 Å². The van der Waals surface area contributed by atoms with E-state index in [-0.39, 0.29) is 23.1 Å². The number of sulfonamides is 1. The van der Waals surface area contributed by atoms with Gasteiger partial charge >= 0.3 is 0 Å². The summed E-state index contributed by atoms with van der Waals surface area (Å²) in [6.45, 7) is 6.03. The molecule has 0 amide bonds. The third kappa shape index (κ3) is 3.83. The minimum absolute atomic E-state index is 0.129. The van der Waals surface area contributed by atoms with Crippen LogP contribution in [0.1, 0.15) is 37.8 Å². The molecule has 1 atom stereocenters. The van der Waals surface area contributed by atoms with Gasteiger partial charge in [0.05, 0.1) is 17.1 Å². The molecular weight excluding hydrogens is 290 g/mol. The van der Waals surface area contributed by atoms with Crippen LogP contribution in [0.4, 0.5) is 0 Å². The molecular formula is C15H23NO4S. The zero-order valence-electron chi connectivity index (χ0n) is 12.7. The van der Waals surface area contributed by atoms with Crippen molar-refractivity contribution < 1.29 is 18.3 Å². The summed E-state index contributed by atoms with van der Waals surface area (Å²) in [6, 6.07) is 4.82. The van der Waals surface area contributed by atoms with E-state index < -0.39 is 10.0 Å². The van der Waals surface area contributed by atoms with Crippen molar-refractivity contribution in [3.63, 3.8) is 0 Å². The van der Waals surface area contributed by atoms with E-state index in [1.807, 2.05) is 13.8 Å². The van der Waals surface area contributed by atoms with Gasteiger partial charge in [-0.15, -0.1) is 0 Å². The number of aliphatic hydroxyl groups excluding tert-OH is 1. The number of aliphatic hydroxyl groups is 1. The second kappa shape index (κ2) is 6.04. The standard InChI is InChI=1S/C15H23NO4S/c1-11-12(10-17)5-4-6-14(11)21(18,19)16-13-7-8-20-15(2,3)9-13/h4-6,13,16-17H,7-10H2,1-3H3. The molecule has 1 unspecified atom stereocenters. The van der Waals surface area contributed by atoms with Crippen LogP contribution < -0.4 is 4.72 Å². The SMILES string of the molecule is Cc1c(CO)cccc1S(=O)(=O)NC1CCOC(C)(C)C1. The Balaban J connectivity index is 2.23. The second-order valence-electron chi connectivity index (χ2n) is 6.12. The van der Waals surface area contributed by atoms with Crippen LogP contribution in [0, 0.1) is 6.92 Å². The van der Waals surface area contributed by atoms with Crippen molar-refractivity contribution >= 4 is 10.0 Å². The van der Waals surface area contributed by atoms with E-state index in [0.29, 0.717) is 30.6 Å². The lowest BCUT2D eigenvalue weighted by Crippen LogP contribution is -2.45. The summed E-state index contributed by atoms with van der Waals surface area (Å²) in [4.78, 5) is 0.235. The average molecular weight is 313 g/mol. The number of hydrogen-bond donors (Lipinski definition) is 2. The number of rotatable bonds is 4. The Kier molecular flexibility index (Phi) is 4.72. The van der Waals surface area contributed by atoms with E-state index in [1.54, 1.807) is 25.1 Å². The third-order valence-corrected chi connectivity index (χ3v) is 5.54. The Morgan fingerprint density at radius 3 is 2.76 bits per heavy atom. The summed E-state index contributed by atoms with van der Waals surface area (Å²) in [7, 11) is -3.59. The summed E-state index contributed by atoms with van der Waals surface area (Å²) in [5.74, 6) is 0. The van der Waals surface area contributed by atoms with Gasteiger partial charge in [-0.1, -0.05) is 12.1 Å². The van der Waals surface area contributed by atoms with Gasteiger partial charge in [0.1, 0.15) is 0 Å². The molecule has 0 spiro atoms. The lowest BCUT2D eigenvalue weighted by Gasteiger charge is -2.35. The number of hydrogen-bond acceptors (Lipinski definition) is 4. The lowest BCUT2D eigenvalue weighted by molar-refractivity contribution is -0.0599. The fraction of sp³-hybridized carbons (Fsp3) is 0.600. The Morgan fingerprint density at radius 1 is 1.43 bits per heavy atom. The van der Waals surface area contributed by atoms with Gasteiger partial charge in [0.2, 0.25) is 10.0 Å². The molecule has 1 heterocycles. The molecule has 0 saturated carbocycles. The van der Waals surface area contributed by atoms with Crippen molar-refractivity contribution in [2.75, 3.05) is 6.61 Å². The van der Waals surface area contributed by atoms with Crippen LogP contribution in [0.2, 0.25) is 0 Å². The highest BCUT2D eigenvalue weighted by Gasteiger charge is 2.32. The molecule has 0 aliphatic carbocycles. The Labute approximate surface area is 126 Å². The Bertz CT molecular complexity index is 610. The molecule has 0 aromatic heterocycles. The monoisotopic (exact) mass is 313 g/mol. The van der Waals surface area contributed by atoms with Crippen molar-refractivity contribution in [2.24, 2.45) is 0 Å². The predicted octanol–water partition coefficient (Wildman–Crippen LogP) is 1.72. The topological polar surface area (TPSA) is 75.6 Å². The summed E-state index contributed by atoms with van der Waals surface area (Å²) in [5, 5.41) is 9.27. The van der Waals surface area contributed by atoms with Crippen LogP contribution in [0.15, 0.2) is 23.1 Å². The Hall–Kier alpha value is -0.950. The van der Waals surface area contributed by atoms with Crippen LogP contribution in [0.5, 0.6) is 0 Å². The molecule has 118 valence electrons. The molecule has 2 rings (SSSR count). The highest BCUT2D eigenvalue weighted by molar-refractivity contribution is 7.89. The van der Waals surface area contributed by atoms with Gasteiger partial charge in [-0.25, -0.2) is 13.1 Å². The van der Waals surface area contributed by atoms with Crippen LogP contribution >= 0.6 is 0 Å². The van der Waals surface area contributed by atoms with Gasteiger partial charge in [0.25, 0.3) is 0 Å². The van der Waals surface area contributed by atoms with E-state index in [0.717, 1.165) is 0 Å². The molecule has 21 heavy (non-hydrogen) atoms. The highest BCUT2D eigenvalue weighted by atomic mass is 32.2. The number of benzene rings is 1. The molecule has 1 aromatic carbocycles. The van der Waals surface area contributed by atoms with E-state index in [4.69, 9.17) is 4.74 Å². The summed E-state index contributed by atoms with van der Waals surface area (Å²) in [5.41, 5.74) is 0.914. The first-order valence-electron chi connectivity index (χ1n) is 7.11. The molecule has 1 aliphatic heterocycles. The predicted molar refractivity (Wildman–Crippen MR) is 80.5 cm³/mol. The quantitative estimate of drug-likeness (QED) is 0.887. The maximum absolute atomic E-state index is 12.6. The zero-order chi connectivity index (χ0) is 15.7. The average Bonchev–Trinajstić information content (AvgIpc) is 2.37. The molecule has 1 aliphatic rings. The third-order valence-electron chi connectivity index (χ3n) is 3.88. The molecule has 6 heteroatoms. The first-order chi connectivity index (χ1) is 9.75. The van der Waals surface area contributed by atoms with Crippen LogP contribution in [-0.2, 0) is 21.4 Å². The smallest absolute Gasteiger partial charge is 0.241 e. The minimum Gasteiger partial charge on any atom is -0.392 e. The summed E-state index contributed by atoms with van der Waals surface area (Å²) < 4.78 is 33.5. The van der Waals surface area contributed by atoms with E-state index >= 15 is 0 Å². The maximum Gasteiger partial charge on any atom is 0.241 e. The molecule has 1 saturated heterocycles. The van der Waals surface area contributed by atoms with Crippen molar-refractivity contribution in [3.05, 3.63) is 29.3 Å². The molecule has 2 N–H and O–H groups in total. The molecule has 0 radical (unpaired) electrons.